The highest BCUT2D eigenvalue weighted by atomic mass is 15.0. The molecule has 0 fully saturated rings. The molecule has 1 N–H and O–H groups in total. The Kier molecular flexibility index (Phi) is 5.62. The zero-order valence-corrected chi connectivity index (χ0v) is 27.0. The molecule has 0 spiro atoms. The Labute approximate surface area is 262 Å². The lowest BCUT2D eigenvalue weighted by Crippen LogP contribution is -2.31. The van der Waals surface area contributed by atoms with Crippen LogP contribution in [0.1, 0.15) is 81.3 Å². The van der Waals surface area contributed by atoms with E-state index in [4.69, 9.17) is 0 Å². The van der Waals surface area contributed by atoms with Gasteiger partial charge < -0.3 is 5.32 Å². The van der Waals surface area contributed by atoms with Gasteiger partial charge in [0.2, 0.25) is 0 Å². The normalized spacial score (nSPS) is 16.7. The third kappa shape index (κ3) is 3.71. The summed E-state index contributed by atoms with van der Waals surface area (Å²) >= 11 is 0. The molecule has 6 aromatic carbocycles. The molecule has 0 aliphatic heterocycles. The highest BCUT2D eigenvalue weighted by Crippen LogP contribution is 2.57. The second-order valence-corrected chi connectivity index (χ2v) is 14.5. The molecule has 0 saturated carbocycles. The first-order valence-corrected chi connectivity index (χ1v) is 16.2. The van der Waals surface area contributed by atoms with Gasteiger partial charge in [-0.3, -0.25) is 0 Å². The van der Waals surface area contributed by atoms with Gasteiger partial charge in [-0.15, -0.1) is 0 Å². The summed E-state index contributed by atoms with van der Waals surface area (Å²) in [5.74, 6) is 0. The van der Waals surface area contributed by atoms with Gasteiger partial charge in [-0.2, -0.15) is 0 Å². The highest BCUT2D eigenvalue weighted by molar-refractivity contribution is 6.10. The number of benzene rings is 6. The number of rotatable bonds is 4. The van der Waals surface area contributed by atoms with Crippen molar-refractivity contribution in [2.24, 2.45) is 0 Å². The number of aryl methyl sites for hydroxylation is 1. The van der Waals surface area contributed by atoms with Gasteiger partial charge in [-0.05, 0) is 128 Å². The van der Waals surface area contributed by atoms with Crippen LogP contribution < -0.4 is 5.32 Å². The fraction of sp³-hybridized carbons (Fsp3) is 0.256. The zero-order chi connectivity index (χ0) is 30.6. The smallest absolute Gasteiger partial charge is 0.0594 e. The summed E-state index contributed by atoms with van der Waals surface area (Å²) in [6, 6.07) is 39.4. The van der Waals surface area contributed by atoms with Crippen molar-refractivity contribution in [1.29, 1.82) is 0 Å². The number of nitrogens with one attached hydrogen (secondary N) is 1. The van der Waals surface area contributed by atoms with Crippen molar-refractivity contribution in [3.8, 4) is 22.3 Å². The summed E-state index contributed by atoms with van der Waals surface area (Å²) in [5.41, 5.74) is 14.8. The third-order valence-corrected chi connectivity index (χ3v) is 11.2. The summed E-state index contributed by atoms with van der Waals surface area (Å²) in [6.07, 6.45) is 0.995. The summed E-state index contributed by atoms with van der Waals surface area (Å²) in [5, 5.41) is 9.18. The molecule has 0 amide bonds. The molecule has 0 saturated heterocycles. The van der Waals surface area contributed by atoms with Gasteiger partial charge in [0, 0.05) is 16.5 Å². The summed E-state index contributed by atoms with van der Waals surface area (Å²) in [4.78, 5) is 0. The molecule has 0 radical (unpaired) electrons. The van der Waals surface area contributed by atoms with E-state index >= 15 is 0 Å². The Bertz CT molecular complexity index is 2140. The molecule has 6 aromatic rings. The summed E-state index contributed by atoms with van der Waals surface area (Å²) in [6.45, 7) is 16.4. The van der Waals surface area contributed by atoms with E-state index in [-0.39, 0.29) is 16.4 Å². The average Bonchev–Trinajstić information content (AvgIpc) is 3.38. The summed E-state index contributed by atoms with van der Waals surface area (Å²) < 4.78 is 0. The predicted molar refractivity (Wildman–Crippen MR) is 189 cm³/mol. The largest absolute Gasteiger partial charge is 0.376 e. The van der Waals surface area contributed by atoms with Crippen molar-refractivity contribution in [3.63, 3.8) is 0 Å². The summed E-state index contributed by atoms with van der Waals surface area (Å²) in [7, 11) is 0. The van der Waals surface area contributed by atoms with E-state index in [1.54, 1.807) is 0 Å². The van der Waals surface area contributed by atoms with Crippen LogP contribution in [0.3, 0.4) is 0 Å². The van der Waals surface area contributed by atoms with Crippen LogP contribution in [0.25, 0.3) is 43.8 Å². The van der Waals surface area contributed by atoms with Crippen molar-refractivity contribution < 1.29 is 0 Å². The van der Waals surface area contributed by atoms with Crippen LogP contribution in [-0.2, 0) is 16.4 Å². The van der Waals surface area contributed by atoms with E-state index in [2.05, 4.69) is 157 Å². The quantitative estimate of drug-likeness (QED) is 0.208. The van der Waals surface area contributed by atoms with Gasteiger partial charge in [-0.1, -0.05) is 107 Å². The van der Waals surface area contributed by atoms with Crippen LogP contribution in [0.2, 0.25) is 0 Å². The number of fused-ring (bicyclic) bond motifs is 9. The number of hydrogen-bond donors (Lipinski definition) is 1. The fourth-order valence-electron chi connectivity index (χ4n) is 8.12. The van der Waals surface area contributed by atoms with Gasteiger partial charge in [-0.25, -0.2) is 0 Å². The van der Waals surface area contributed by atoms with Crippen LogP contribution >= 0.6 is 0 Å². The van der Waals surface area contributed by atoms with E-state index in [0.29, 0.717) is 0 Å². The predicted octanol–water partition coefficient (Wildman–Crippen LogP) is 11.7. The Morgan fingerprint density at radius 3 is 1.86 bits per heavy atom. The van der Waals surface area contributed by atoms with Crippen LogP contribution in [0.4, 0.5) is 5.69 Å². The Hall–Kier alpha value is -4.36. The molecule has 1 heteroatoms. The molecule has 44 heavy (non-hydrogen) atoms. The number of anilines is 1. The minimum absolute atomic E-state index is 0.0644. The average molecular weight is 572 g/mol. The molecule has 2 aliphatic rings. The van der Waals surface area contributed by atoms with Crippen molar-refractivity contribution in [3.05, 3.63) is 137 Å². The number of hydrogen-bond acceptors (Lipinski definition) is 1. The zero-order valence-electron chi connectivity index (χ0n) is 27.0. The maximum atomic E-state index is 3.87. The molecule has 2 aliphatic carbocycles. The standard InChI is InChI=1S/C43H41N/c1-8-43(7,44-30-18-13-26(2)14-19-30)29-17-20-32-35-24-40-36(25-39(35)42(5,6)38(32)22-29)34-23-33-28(21-37(34)41(40,3)4)16-15-27-11-9-10-12-31(27)33/h9-25,44H,8H2,1-7H3. The first-order valence-electron chi connectivity index (χ1n) is 16.2. The van der Waals surface area contributed by atoms with Gasteiger partial charge in [0.05, 0.1) is 5.54 Å². The van der Waals surface area contributed by atoms with E-state index < -0.39 is 0 Å². The first kappa shape index (κ1) is 27.2. The van der Waals surface area contributed by atoms with Gasteiger partial charge in [0.15, 0.2) is 0 Å². The first-order chi connectivity index (χ1) is 21.0. The van der Waals surface area contributed by atoms with Crippen molar-refractivity contribution in [2.45, 2.75) is 71.3 Å². The molecule has 1 nitrogen and oxygen atoms in total. The maximum Gasteiger partial charge on any atom is 0.0594 e. The van der Waals surface area contributed by atoms with E-state index in [1.807, 2.05) is 0 Å². The van der Waals surface area contributed by atoms with Gasteiger partial charge in [0.25, 0.3) is 0 Å². The molecule has 0 heterocycles. The lowest BCUT2D eigenvalue weighted by molar-refractivity contribution is 0.521. The maximum absolute atomic E-state index is 3.87. The molecule has 0 bridgehead atoms. The second-order valence-electron chi connectivity index (χ2n) is 14.5. The van der Waals surface area contributed by atoms with Gasteiger partial charge >= 0.3 is 0 Å². The monoisotopic (exact) mass is 571 g/mol. The third-order valence-electron chi connectivity index (χ3n) is 11.2. The van der Waals surface area contributed by atoms with E-state index in [0.717, 1.165) is 6.42 Å². The molecule has 1 unspecified atom stereocenters. The lowest BCUT2D eigenvalue weighted by atomic mass is 9.78. The minimum atomic E-state index is -0.165. The Morgan fingerprint density at radius 2 is 1.16 bits per heavy atom. The Morgan fingerprint density at radius 1 is 0.568 bits per heavy atom. The SMILES string of the molecule is CCC(C)(Nc1ccc(C)cc1)c1ccc2c(c1)C(C)(C)c1cc3c(cc1-2)C(C)(C)c1cc2ccc4ccccc4c2cc1-3. The van der Waals surface area contributed by atoms with Crippen molar-refractivity contribution in [2.75, 3.05) is 5.32 Å². The van der Waals surface area contributed by atoms with Crippen molar-refractivity contribution in [1.82, 2.24) is 0 Å². The van der Waals surface area contributed by atoms with Crippen molar-refractivity contribution >= 4 is 27.2 Å². The van der Waals surface area contributed by atoms with Crippen LogP contribution in [0, 0.1) is 6.92 Å². The molecule has 218 valence electrons. The van der Waals surface area contributed by atoms with Gasteiger partial charge in [0.1, 0.15) is 0 Å². The van der Waals surface area contributed by atoms with Crippen LogP contribution in [0.15, 0.2) is 103 Å². The molecule has 8 rings (SSSR count). The highest BCUT2D eigenvalue weighted by Gasteiger charge is 2.42. The lowest BCUT2D eigenvalue weighted by Gasteiger charge is -2.33. The second kappa shape index (κ2) is 9.08. The molecule has 1 atom stereocenters. The minimum Gasteiger partial charge on any atom is -0.376 e. The topological polar surface area (TPSA) is 12.0 Å². The van der Waals surface area contributed by atoms with E-state index in [9.17, 15) is 0 Å². The van der Waals surface area contributed by atoms with Crippen LogP contribution in [0.5, 0.6) is 0 Å². The molecular weight excluding hydrogens is 530 g/mol. The molecular formula is C43H41N. The molecule has 0 aromatic heterocycles. The Balaban J connectivity index is 1.27. The van der Waals surface area contributed by atoms with Crippen LogP contribution in [-0.4, -0.2) is 0 Å². The fourth-order valence-corrected chi connectivity index (χ4v) is 8.12. The van der Waals surface area contributed by atoms with E-state index in [1.165, 1.54) is 82.9 Å².